The van der Waals surface area contributed by atoms with Crippen molar-refractivity contribution < 1.29 is 9.59 Å². The first-order chi connectivity index (χ1) is 7.91. The van der Waals surface area contributed by atoms with Crippen LogP contribution < -0.4 is 21.7 Å². The molecule has 0 fully saturated rings. The number of primary amides is 1. The summed E-state index contributed by atoms with van der Waals surface area (Å²) >= 11 is 0. The molecule has 0 aliphatic carbocycles. The largest absolute Gasteiger partial charge is 0.399 e. The summed E-state index contributed by atoms with van der Waals surface area (Å²) in [6.45, 7) is 1.68. The average Bonchev–Trinajstić information content (AvgIpc) is 2.27. The van der Waals surface area contributed by atoms with E-state index in [9.17, 15) is 9.59 Å². The molecule has 0 saturated carbocycles. The van der Waals surface area contributed by atoms with Crippen LogP contribution in [0.15, 0.2) is 24.3 Å². The smallest absolute Gasteiger partial charge is 0.318 e. The monoisotopic (exact) mass is 236 g/mol. The Morgan fingerprint density at radius 1 is 1.29 bits per heavy atom. The zero-order valence-electron chi connectivity index (χ0n) is 9.81. The molecular weight excluding hydrogens is 220 g/mol. The van der Waals surface area contributed by atoms with E-state index in [0.29, 0.717) is 5.69 Å². The van der Waals surface area contributed by atoms with E-state index >= 15 is 0 Å². The van der Waals surface area contributed by atoms with Crippen LogP contribution in [0.4, 0.5) is 16.2 Å². The van der Waals surface area contributed by atoms with E-state index in [1.165, 1.54) is 0 Å². The van der Waals surface area contributed by atoms with Gasteiger partial charge in [0.05, 0.1) is 0 Å². The fraction of sp³-hybridized carbons (Fsp3) is 0.273. The van der Waals surface area contributed by atoms with E-state index in [-0.39, 0.29) is 0 Å². The molecule has 0 aromatic heterocycles. The molecule has 92 valence electrons. The lowest BCUT2D eigenvalue weighted by Gasteiger charge is -2.25. The molecule has 0 saturated heterocycles. The maximum atomic E-state index is 11.6. The predicted molar refractivity (Wildman–Crippen MR) is 66.4 cm³/mol. The number of nitrogens with one attached hydrogen (secondary N) is 1. The molecule has 1 aromatic rings. The van der Waals surface area contributed by atoms with Gasteiger partial charge >= 0.3 is 6.03 Å². The van der Waals surface area contributed by atoms with Crippen molar-refractivity contribution in [2.24, 2.45) is 5.73 Å². The number of nitrogens with zero attached hydrogens (tertiary/aromatic N) is 1. The Morgan fingerprint density at radius 2 is 1.82 bits per heavy atom. The number of hydrogen-bond acceptors (Lipinski definition) is 4. The van der Waals surface area contributed by atoms with Crippen LogP contribution in [0.3, 0.4) is 0 Å². The van der Waals surface area contributed by atoms with Crippen LogP contribution in [0.2, 0.25) is 0 Å². The van der Waals surface area contributed by atoms with Crippen LogP contribution in [0.5, 0.6) is 0 Å². The summed E-state index contributed by atoms with van der Waals surface area (Å²) in [5.74, 6) is -0.447. The maximum absolute atomic E-state index is 11.6. The molecule has 6 nitrogen and oxygen atoms in total. The summed E-state index contributed by atoms with van der Waals surface area (Å²) in [4.78, 5) is 23.8. The fourth-order valence-electron chi connectivity index (χ4n) is 1.33. The summed E-state index contributed by atoms with van der Waals surface area (Å²) in [5, 5.41) is 2.04. The zero-order valence-corrected chi connectivity index (χ0v) is 9.81. The van der Waals surface area contributed by atoms with Gasteiger partial charge in [-0.25, -0.2) is 4.79 Å². The number of rotatable bonds is 3. The quantitative estimate of drug-likeness (QED) is 0.656. The number of nitrogen functional groups attached to an aromatic ring is 1. The predicted octanol–water partition coefficient (Wildman–Crippen LogP) is 0.288. The molecule has 1 unspecified atom stereocenters. The Hall–Kier alpha value is -2.24. The molecule has 5 N–H and O–H groups in total. The van der Waals surface area contributed by atoms with Crippen LogP contribution in [-0.2, 0) is 4.79 Å². The molecule has 0 bridgehead atoms. The third-order valence-electron chi connectivity index (χ3n) is 2.51. The van der Waals surface area contributed by atoms with Gasteiger partial charge in [0.2, 0.25) is 5.91 Å². The van der Waals surface area contributed by atoms with Crippen molar-refractivity contribution in [3.8, 4) is 0 Å². The zero-order chi connectivity index (χ0) is 13.0. The number of amides is 3. The number of carbonyl (C=O) groups is 2. The molecular formula is C11H16N4O2. The molecule has 1 aromatic carbocycles. The average molecular weight is 236 g/mol. The van der Waals surface area contributed by atoms with Crippen molar-refractivity contribution >= 4 is 23.3 Å². The lowest BCUT2D eigenvalue weighted by molar-refractivity contribution is -0.120. The van der Waals surface area contributed by atoms with Crippen molar-refractivity contribution in [1.82, 2.24) is 5.32 Å². The highest BCUT2D eigenvalue weighted by molar-refractivity contribution is 5.97. The van der Waals surface area contributed by atoms with Gasteiger partial charge in [0.25, 0.3) is 0 Å². The van der Waals surface area contributed by atoms with Crippen molar-refractivity contribution in [3.63, 3.8) is 0 Å². The van der Waals surface area contributed by atoms with Gasteiger partial charge < -0.3 is 16.4 Å². The SMILES string of the molecule is CC(C(=O)NC(N)=O)N(C)c1ccc(N)cc1. The number of likely N-dealkylation sites (N-methyl/N-ethyl adjacent to an activating group) is 1. The van der Waals surface area contributed by atoms with Gasteiger partial charge in [0.1, 0.15) is 6.04 Å². The van der Waals surface area contributed by atoms with E-state index in [4.69, 9.17) is 11.5 Å². The summed E-state index contributed by atoms with van der Waals surface area (Å²) in [7, 11) is 1.75. The van der Waals surface area contributed by atoms with Gasteiger partial charge in [-0.2, -0.15) is 0 Å². The lowest BCUT2D eigenvalue weighted by atomic mass is 10.2. The minimum absolute atomic E-state index is 0.447. The highest BCUT2D eigenvalue weighted by atomic mass is 16.2. The Kier molecular flexibility index (Phi) is 3.92. The second-order valence-electron chi connectivity index (χ2n) is 3.73. The molecule has 0 spiro atoms. The third kappa shape index (κ3) is 3.37. The Balaban J connectivity index is 2.75. The minimum atomic E-state index is -0.854. The molecule has 17 heavy (non-hydrogen) atoms. The lowest BCUT2D eigenvalue weighted by Crippen LogP contribution is -2.47. The molecule has 0 aliphatic heterocycles. The topological polar surface area (TPSA) is 101 Å². The van der Waals surface area contributed by atoms with E-state index in [0.717, 1.165) is 5.69 Å². The molecule has 1 atom stereocenters. The van der Waals surface area contributed by atoms with Gasteiger partial charge in [0.15, 0.2) is 0 Å². The molecule has 0 aliphatic rings. The van der Waals surface area contributed by atoms with Gasteiger partial charge in [-0.1, -0.05) is 0 Å². The van der Waals surface area contributed by atoms with E-state index in [1.54, 1.807) is 43.1 Å². The number of nitrogens with two attached hydrogens (primary N) is 2. The van der Waals surface area contributed by atoms with Crippen molar-refractivity contribution in [2.75, 3.05) is 17.7 Å². The summed E-state index contributed by atoms with van der Waals surface area (Å²) in [6.07, 6.45) is 0. The second-order valence-corrected chi connectivity index (χ2v) is 3.73. The minimum Gasteiger partial charge on any atom is -0.399 e. The van der Waals surface area contributed by atoms with Crippen LogP contribution in [0.25, 0.3) is 0 Å². The van der Waals surface area contributed by atoms with Crippen LogP contribution in [0, 0.1) is 0 Å². The maximum Gasteiger partial charge on any atom is 0.318 e. The van der Waals surface area contributed by atoms with Crippen LogP contribution >= 0.6 is 0 Å². The number of hydrogen-bond donors (Lipinski definition) is 3. The Bertz CT molecular complexity index is 416. The highest BCUT2D eigenvalue weighted by Crippen LogP contribution is 2.16. The van der Waals surface area contributed by atoms with E-state index in [2.05, 4.69) is 0 Å². The molecule has 6 heteroatoms. The molecule has 3 amide bonds. The first kappa shape index (κ1) is 12.8. The normalized spacial score (nSPS) is 11.6. The van der Waals surface area contributed by atoms with Crippen molar-refractivity contribution in [3.05, 3.63) is 24.3 Å². The van der Waals surface area contributed by atoms with Crippen LogP contribution in [-0.4, -0.2) is 25.0 Å². The summed E-state index contributed by atoms with van der Waals surface area (Å²) < 4.78 is 0. The molecule has 0 heterocycles. The number of carbonyl (C=O) groups excluding carboxylic acids is 2. The third-order valence-corrected chi connectivity index (χ3v) is 2.51. The van der Waals surface area contributed by atoms with E-state index < -0.39 is 18.0 Å². The Morgan fingerprint density at radius 3 is 2.29 bits per heavy atom. The Labute approximate surface area is 99.6 Å². The van der Waals surface area contributed by atoms with Gasteiger partial charge in [-0.3, -0.25) is 10.1 Å². The fourth-order valence-corrected chi connectivity index (χ4v) is 1.33. The van der Waals surface area contributed by atoms with Gasteiger partial charge in [0, 0.05) is 18.4 Å². The first-order valence-corrected chi connectivity index (χ1v) is 5.10. The van der Waals surface area contributed by atoms with Gasteiger partial charge in [-0.05, 0) is 31.2 Å². The molecule has 0 radical (unpaired) electrons. The standard InChI is InChI=1S/C11H16N4O2/c1-7(10(16)14-11(13)17)15(2)9-5-3-8(12)4-6-9/h3-7H,12H2,1-2H3,(H3,13,14,16,17). The van der Waals surface area contributed by atoms with E-state index in [1.807, 2.05) is 5.32 Å². The van der Waals surface area contributed by atoms with Gasteiger partial charge in [-0.15, -0.1) is 0 Å². The van der Waals surface area contributed by atoms with Crippen molar-refractivity contribution in [1.29, 1.82) is 0 Å². The number of benzene rings is 1. The van der Waals surface area contributed by atoms with Crippen molar-refractivity contribution in [2.45, 2.75) is 13.0 Å². The number of urea groups is 1. The highest BCUT2D eigenvalue weighted by Gasteiger charge is 2.19. The number of anilines is 2. The molecule has 1 rings (SSSR count). The summed E-state index contributed by atoms with van der Waals surface area (Å²) in [6, 6.07) is 5.71. The number of imide groups is 1. The first-order valence-electron chi connectivity index (χ1n) is 5.10. The summed E-state index contributed by atoms with van der Waals surface area (Å²) in [5.41, 5.74) is 11.9. The second kappa shape index (κ2) is 5.20. The van der Waals surface area contributed by atoms with Crippen LogP contribution in [0.1, 0.15) is 6.92 Å².